The van der Waals surface area contributed by atoms with E-state index in [1.165, 1.54) is 0 Å². The Hall–Kier alpha value is -2.57. The van der Waals surface area contributed by atoms with Gasteiger partial charge in [-0.05, 0) is 39.2 Å². The Kier molecular flexibility index (Phi) is 6.38. The van der Waals surface area contributed by atoms with Gasteiger partial charge in [0.25, 0.3) is 0 Å². The maximum Gasteiger partial charge on any atom is 0.428 e. The summed E-state index contributed by atoms with van der Waals surface area (Å²) < 4.78 is 10.5. The molecule has 0 spiro atoms. The number of ether oxygens (including phenoxy) is 2. The number of likely N-dealkylation sites (tertiary alicyclic amines) is 1. The van der Waals surface area contributed by atoms with Crippen molar-refractivity contribution < 1.29 is 19.1 Å². The summed E-state index contributed by atoms with van der Waals surface area (Å²) in [6.45, 7) is 6.53. The number of nitrogens with zero attached hydrogens (tertiary/aromatic N) is 2. The van der Waals surface area contributed by atoms with Gasteiger partial charge in [0.1, 0.15) is 12.2 Å². The molecule has 1 aliphatic heterocycles. The molecule has 0 unspecified atom stereocenters. The predicted molar refractivity (Wildman–Crippen MR) is 94.2 cm³/mol. The summed E-state index contributed by atoms with van der Waals surface area (Å²) in [7, 11) is 0. The van der Waals surface area contributed by atoms with Gasteiger partial charge in [0.15, 0.2) is 0 Å². The zero-order chi connectivity index (χ0) is 18.3. The van der Waals surface area contributed by atoms with Gasteiger partial charge in [0.05, 0.1) is 12.3 Å². The predicted octanol–water partition coefficient (Wildman–Crippen LogP) is 3.30. The van der Waals surface area contributed by atoms with Gasteiger partial charge >= 0.3 is 12.2 Å². The lowest BCUT2D eigenvalue weighted by Crippen LogP contribution is -2.41. The number of benzene rings is 1. The van der Waals surface area contributed by atoms with Crippen molar-refractivity contribution in [1.29, 1.82) is 0 Å². The molecule has 0 aliphatic carbocycles. The maximum atomic E-state index is 12.2. The highest BCUT2D eigenvalue weighted by molar-refractivity contribution is 5.90. The molecule has 0 bridgehead atoms. The summed E-state index contributed by atoms with van der Waals surface area (Å²) in [5.74, 6) is 0. The lowest BCUT2D eigenvalue weighted by atomic mass is 10.1. The fourth-order valence-corrected chi connectivity index (χ4v) is 2.34. The molecule has 1 fully saturated rings. The molecule has 1 saturated heterocycles. The van der Waals surface area contributed by atoms with E-state index in [1.807, 2.05) is 30.3 Å². The van der Waals surface area contributed by atoms with Crippen LogP contribution < -0.4 is 5.43 Å². The number of carbonyl (C=O) groups is 2. The summed E-state index contributed by atoms with van der Waals surface area (Å²) in [5, 5.41) is 4.06. The molecule has 7 nitrogen and oxygen atoms in total. The molecule has 7 heteroatoms. The van der Waals surface area contributed by atoms with Crippen molar-refractivity contribution in [1.82, 2.24) is 10.3 Å². The molecular weight excluding hydrogens is 322 g/mol. The van der Waals surface area contributed by atoms with E-state index in [-0.39, 0.29) is 12.7 Å². The normalized spacial score (nSPS) is 16.4. The molecule has 1 N–H and O–H groups in total. The summed E-state index contributed by atoms with van der Waals surface area (Å²) >= 11 is 0. The minimum Gasteiger partial charge on any atom is -0.445 e. The van der Waals surface area contributed by atoms with Crippen LogP contribution in [0.1, 0.15) is 39.2 Å². The highest BCUT2D eigenvalue weighted by atomic mass is 16.6. The molecule has 0 atom stereocenters. The fraction of sp³-hybridized carbons (Fsp3) is 0.500. The number of piperidine rings is 1. The molecule has 1 aliphatic rings. The van der Waals surface area contributed by atoms with E-state index in [9.17, 15) is 9.59 Å². The van der Waals surface area contributed by atoms with E-state index in [2.05, 4.69) is 10.5 Å². The van der Waals surface area contributed by atoms with Crippen molar-refractivity contribution in [2.75, 3.05) is 13.1 Å². The second kappa shape index (κ2) is 8.50. The second-order valence-corrected chi connectivity index (χ2v) is 6.86. The largest absolute Gasteiger partial charge is 0.445 e. The van der Waals surface area contributed by atoms with Gasteiger partial charge in [0.2, 0.25) is 0 Å². The molecule has 0 aromatic heterocycles. The van der Waals surface area contributed by atoms with E-state index in [4.69, 9.17) is 9.47 Å². The van der Waals surface area contributed by atoms with Crippen LogP contribution in [-0.2, 0) is 16.1 Å². The smallest absolute Gasteiger partial charge is 0.428 e. The van der Waals surface area contributed by atoms with Crippen molar-refractivity contribution in [3.05, 3.63) is 35.9 Å². The minimum absolute atomic E-state index is 0.235. The monoisotopic (exact) mass is 347 g/mol. The van der Waals surface area contributed by atoms with Crippen LogP contribution in [0.3, 0.4) is 0 Å². The summed E-state index contributed by atoms with van der Waals surface area (Å²) in [6.07, 6.45) is 0.505. The van der Waals surface area contributed by atoms with E-state index in [0.29, 0.717) is 18.8 Å². The lowest BCUT2D eigenvalue weighted by Gasteiger charge is -2.27. The van der Waals surface area contributed by atoms with Crippen molar-refractivity contribution in [2.45, 2.75) is 45.8 Å². The second-order valence-electron chi connectivity index (χ2n) is 6.86. The number of amides is 2. The molecular formula is C18H25N3O4. The highest BCUT2D eigenvalue weighted by Crippen LogP contribution is 2.11. The number of hydrazone groups is 1. The van der Waals surface area contributed by atoms with E-state index in [1.54, 1.807) is 25.7 Å². The van der Waals surface area contributed by atoms with Crippen LogP contribution in [0, 0.1) is 0 Å². The van der Waals surface area contributed by atoms with E-state index >= 15 is 0 Å². The molecule has 136 valence electrons. The zero-order valence-corrected chi connectivity index (χ0v) is 14.9. The number of rotatable bonds is 3. The number of nitrogens with one attached hydrogen (secondary N) is 1. The number of carbonyl (C=O) groups excluding carboxylic acids is 2. The molecule has 2 amide bonds. The SMILES string of the molecule is CC(C)(C)OC(=O)NN=C1CCCN(C(=O)OCc2ccccc2)C1. The first-order valence-corrected chi connectivity index (χ1v) is 8.33. The average Bonchev–Trinajstić information content (AvgIpc) is 2.57. The third kappa shape index (κ3) is 6.82. The standard InChI is InChI=1S/C18H25N3O4/c1-18(2,3)25-16(22)20-19-15-10-7-11-21(12-15)17(23)24-13-14-8-5-4-6-9-14/h4-6,8-9H,7,10-13H2,1-3H3,(H,20,22). The fourth-order valence-electron chi connectivity index (χ4n) is 2.34. The minimum atomic E-state index is -0.608. The van der Waals surface area contributed by atoms with Crippen LogP contribution in [0.4, 0.5) is 9.59 Å². The van der Waals surface area contributed by atoms with Crippen LogP contribution in [-0.4, -0.2) is 41.5 Å². The molecule has 25 heavy (non-hydrogen) atoms. The summed E-state index contributed by atoms with van der Waals surface area (Å²) in [6, 6.07) is 9.52. The molecule has 1 aromatic rings. The van der Waals surface area contributed by atoms with Crippen LogP contribution in [0.2, 0.25) is 0 Å². The lowest BCUT2D eigenvalue weighted by molar-refractivity contribution is 0.0528. The number of hydrogen-bond donors (Lipinski definition) is 1. The van der Waals surface area contributed by atoms with Gasteiger partial charge in [0, 0.05) is 6.54 Å². The molecule has 0 radical (unpaired) electrons. The highest BCUT2D eigenvalue weighted by Gasteiger charge is 2.22. The van der Waals surface area contributed by atoms with Crippen molar-refractivity contribution in [2.24, 2.45) is 5.10 Å². The molecule has 0 saturated carbocycles. The quantitative estimate of drug-likeness (QED) is 0.851. The Bertz CT molecular complexity index is 623. The zero-order valence-electron chi connectivity index (χ0n) is 14.9. The van der Waals surface area contributed by atoms with Crippen molar-refractivity contribution in [3.8, 4) is 0 Å². The van der Waals surface area contributed by atoms with E-state index < -0.39 is 11.7 Å². The first-order chi connectivity index (χ1) is 11.8. The average molecular weight is 347 g/mol. The Morgan fingerprint density at radius 3 is 2.64 bits per heavy atom. The van der Waals surface area contributed by atoms with Crippen LogP contribution in [0.5, 0.6) is 0 Å². The van der Waals surface area contributed by atoms with Crippen LogP contribution >= 0.6 is 0 Å². The Labute approximate surface area is 148 Å². The van der Waals surface area contributed by atoms with Gasteiger partial charge in [-0.25, -0.2) is 15.0 Å². The Balaban J connectivity index is 1.82. The van der Waals surface area contributed by atoms with Crippen LogP contribution in [0.15, 0.2) is 35.4 Å². The van der Waals surface area contributed by atoms with Gasteiger partial charge < -0.3 is 14.4 Å². The third-order valence-corrected chi connectivity index (χ3v) is 3.43. The Morgan fingerprint density at radius 1 is 1.24 bits per heavy atom. The third-order valence-electron chi connectivity index (χ3n) is 3.43. The van der Waals surface area contributed by atoms with Gasteiger partial charge in [-0.15, -0.1) is 0 Å². The van der Waals surface area contributed by atoms with Crippen molar-refractivity contribution in [3.63, 3.8) is 0 Å². The Morgan fingerprint density at radius 2 is 1.96 bits per heavy atom. The van der Waals surface area contributed by atoms with Gasteiger partial charge in [-0.1, -0.05) is 30.3 Å². The van der Waals surface area contributed by atoms with Gasteiger partial charge in [-0.3, -0.25) is 0 Å². The van der Waals surface area contributed by atoms with Crippen molar-refractivity contribution >= 4 is 17.9 Å². The first kappa shape index (κ1) is 18.8. The van der Waals surface area contributed by atoms with E-state index in [0.717, 1.165) is 18.4 Å². The topological polar surface area (TPSA) is 80.2 Å². The molecule has 1 heterocycles. The number of hydrogen-bond acceptors (Lipinski definition) is 5. The maximum absolute atomic E-state index is 12.2. The molecule has 2 rings (SSSR count). The van der Waals surface area contributed by atoms with Gasteiger partial charge in [-0.2, -0.15) is 5.10 Å². The van der Waals surface area contributed by atoms with Crippen LogP contribution in [0.25, 0.3) is 0 Å². The summed E-state index contributed by atoms with van der Waals surface area (Å²) in [5.41, 5.74) is 3.45. The first-order valence-electron chi connectivity index (χ1n) is 8.33. The molecule has 1 aromatic carbocycles. The summed E-state index contributed by atoms with van der Waals surface area (Å²) in [4.78, 5) is 25.4.